The van der Waals surface area contributed by atoms with Gasteiger partial charge >= 0.3 is 0 Å². The Bertz CT molecular complexity index is 1270. The fourth-order valence-corrected chi connectivity index (χ4v) is 3.32. The van der Waals surface area contributed by atoms with Gasteiger partial charge in [-0.3, -0.25) is 9.59 Å². The molecule has 0 spiro atoms. The molecule has 4 rings (SSSR count). The molecule has 0 saturated heterocycles. The van der Waals surface area contributed by atoms with Crippen LogP contribution in [0.1, 0.15) is 51.5 Å². The molecule has 0 aliphatic heterocycles. The molecule has 4 aromatic rings. The summed E-state index contributed by atoms with van der Waals surface area (Å²) in [6.07, 6.45) is -2.71. The van der Waals surface area contributed by atoms with Gasteiger partial charge in [0.1, 0.15) is 0 Å². The number of nitrogens with one attached hydrogen (secondary N) is 3. The van der Waals surface area contributed by atoms with E-state index in [4.69, 9.17) is 0 Å². The maximum atomic E-state index is 12.8. The van der Waals surface area contributed by atoms with E-state index in [2.05, 4.69) is 20.6 Å². The highest BCUT2D eigenvalue weighted by Crippen LogP contribution is 2.22. The van der Waals surface area contributed by atoms with Crippen molar-refractivity contribution in [1.82, 2.24) is 15.3 Å². The van der Waals surface area contributed by atoms with Gasteiger partial charge in [0.15, 0.2) is 5.82 Å². The highest BCUT2D eigenvalue weighted by molar-refractivity contribution is 6.04. The van der Waals surface area contributed by atoms with E-state index >= 15 is 0 Å². The molecule has 0 radical (unpaired) electrons. The standard InChI is InChI=1S/C24H20F2N4O2/c1-14(16-8-5-9-18(12-16)28-23(31)15-6-3-2-4-7-15)27-24(32)17-10-11-19-20(13-17)30-22(29-19)21(25)26/h2-14,21H,1H3,(H,27,32)(H,28,31)(H,29,30). The van der Waals surface area contributed by atoms with Gasteiger partial charge in [-0.1, -0.05) is 30.3 Å². The minimum atomic E-state index is -2.71. The topological polar surface area (TPSA) is 86.9 Å². The molecular formula is C24H20F2N4O2. The van der Waals surface area contributed by atoms with Gasteiger partial charge in [0.05, 0.1) is 17.1 Å². The van der Waals surface area contributed by atoms with Crippen LogP contribution in [0.2, 0.25) is 0 Å². The SMILES string of the molecule is CC(NC(=O)c1ccc2nc(C(F)F)[nH]c2c1)c1cccc(NC(=O)c2ccccc2)c1. The second-order valence-corrected chi connectivity index (χ2v) is 7.30. The van der Waals surface area contributed by atoms with Crippen LogP contribution in [0.15, 0.2) is 72.8 Å². The summed E-state index contributed by atoms with van der Waals surface area (Å²) < 4.78 is 25.7. The smallest absolute Gasteiger partial charge is 0.295 e. The van der Waals surface area contributed by atoms with Crippen molar-refractivity contribution in [2.24, 2.45) is 0 Å². The molecule has 3 aromatic carbocycles. The fraction of sp³-hybridized carbons (Fsp3) is 0.125. The Balaban J connectivity index is 1.46. The number of alkyl halides is 2. The number of amides is 2. The van der Waals surface area contributed by atoms with Gasteiger partial charge < -0.3 is 15.6 Å². The van der Waals surface area contributed by atoms with Crippen molar-refractivity contribution in [3.63, 3.8) is 0 Å². The molecule has 6 nitrogen and oxygen atoms in total. The van der Waals surface area contributed by atoms with Crippen LogP contribution in [0.4, 0.5) is 14.5 Å². The fourth-order valence-electron chi connectivity index (χ4n) is 3.32. The molecule has 162 valence electrons. The van der Waals surface area contributed by atoms with Crippen LogP contribution >= 0.6 is 0 Å². The number of imidazole rings is 1. The predicted molar refractivity (Wildman–Crippen MR) is 118 cm³/mol. The summed E-state index contributed by atoms with van der Waals surface area (Å²) in [7, 11) is 0. The first-order valence-corrected chi connectivity index (χ1v) is 9.96. The van der Waals surface area contributed by atoms with Crippen molar-refractivity contribution in [3.05, 3.63) is 95.3 Å². The van der Waals surface area contributed by atoms with Gasteiger partial charge in [0, 0.05) is 16.8 Å². The van der Waals surface area contributed by atoms with Gasteiger partial charge in [-0.2, -0.15) is 0 Å². The zero-order valence-electron chi connectivity index (χ0n) is 17.1. The number of halogens is 2. The summed E-state index contributed by atoms with van der Waals surface area (Å²) in [5, 5.41) is 5.73. The van der Waals surface area contributed by atoms with Crippen LogP contribution in [0.5, 0.6) is 0 Å². The molecule has 8 heteroatoms. The van der Waals surface area contributed by atoms with Crippen molar-refractivity contribution in [3.8, 4) is 0 Å². The number of rotatable bonds is 6. The van der Waals surface area contributed by atoms with E-state index in [-0.39, 0.29) is 17.9 Å². The summed E-state index contributed by atoms with van der Waals surface area (Å²) in [6.45, 7) is 1.82. The van der Waals surface area contributed by atoms with Crippen LogP contribution in [0.3, 0.4) is 0 Å². The van der Waals surface area contributed by atoms with Crippen LogP contribution in [-0.4, -0.2) is 21.8 Å². The molecule has 1 atom stereocenters. The number of hydrogen-bond acceptors (Lipinski definition) is 3. The van der Waals surface area contributed by atoms with Crippen molar-refractivity contribution in [2.45, 2.75) is 19.4 Å². The van der Waals surface area contributed by atoms with E-state index in [1.54, 1.807) is 42.5 Å². The van der Waals surface area contributed by atoms with E-state index in [0.717, 1.165) is 5.56 Å². The Kier molecular flexibility index (Phi) is 5.93. The maximum Gasteiger partial charge on any atom is 0.295 e. The lowest BCUT2D eigenvalue weighted by atomic mass is 10.1. The summed E-state index contributed by atoms with van der Waals surface area (Å²) in [5.74, 6) is -1.01. The maximum absolute atomic E-state index is 12.8. The predicted octanol–water partition coefficient (Wildman–Crippen LogP) is 5.24. The van der Waals surface area contributed by atoms with Crippen LogP contribution in [0, 0.1) is 0 Å². The van der Waals surface area contributed by atoms with E-state index in [0.29, 0.717) is 27.8 Å². The second kappa shape index (κ2) is 8.97. The van der Waals surface area contributed by atoms with Crippen LogP contribution in [0.25, 0.3) is 11.0 Å². The molecule has 0 aliphatic carbocycles. The molecule has 32 heavy (non-hydrogen) atoms. The first-order valence-electron chi connectivity index (χ1n) is 9.96. The molecule has 1 heterocycles. The Morgan fingerprint density at radius 3 is 2.44 bits per heavy atom. The number of hydrogen-bond donors (Lipinski definition) is 3. The molecule has 0 saturated carbocycles. The lowest BCUT2D eigenvalue weighted by Gasteiger charge is -2.16. The quantitative estimate of drug-likeness (QED) is 0.388. The molecular weight excluding hydrogens is 414 g/mol. The Hall–Kier alpha value is -4.07. The number of anilines is 1. The number of aromatic nitrogens is 2. The highest BCUT2D eigenvalue weighted by atomic mass is 19.3. The molecule has 3 N–H and O–H groups in total. The summed E-state index contributed by atoms with van der Waals surface area (Å²) in [4.78, 5) is 31.4. The van der Waals surface area contributed by atoms with Gasteiger partial charge in [-0.15, -0.1) is 0 Å². The summed E-state index contributed by atoms with van der Waals surface area (Å²) >= 11 is 0. The van der Waals surface area contributed by atoms with Crippen LogP contribution in [-0.2, 0) is 0 Å². The molecule has 1 aromatic heterocycles. The summed E-state index contributed by atoms with van der Waals surface area (Å²) in [5.41, 5.74) is 3.01. The summed E-state index contributed by atoms with van der Waals surface area (Å²) in [6, 6.07) is 20.3. The Morgan fingerprint density at radius 1 is 0.906 bits per heavy atom. The zero-order valence-corrected chi connectivity index (χ0v) is 17.1. The molecule has 2 amide bonds. The number of H-pyrrole nitrogens is 1. The number of carbonyl (C=O) groups excluding carboxylic acids is 2. The lowest BCUT2D eigenvalue weighted by molar-refractivity contribution is 0.0939. The van der Waals surface area contributed by atoms with E-state index in [1.165, 1.54) is 18.2 Å². The zero-order chi connectivity index (χ0) is 22.7. The lowest BCUT2D eigenvalue weighted by Crippen LogP contribution is -2.26. The van der Waals surface area contributed by atoms with Gasteiger partial charge in [-0.25, -0.2) is 13.8 Å². The molecule has 0 fully saturated rings. The normalized spacial score (nSPS) is 12.0. The average Bonchev–Trinajstić information content (AvgIpc) is 3.23. The van der Waals surface area contributed by atoms with Crippen molar-refractivity contribution in [2.75, 3.05) is 5.32 Å². The monoisotopic (exact) mass is 434 g/mol. The first-order chi connectivity index (χ1) is 15.4. The largest absolute Gasteiger partial charge is 0.346 e. The van der Waals surface area contributed by atoms with E-state index in [1.807, 2.05) is 19.1 Å². The third-order valence-corrected chi connectivity index (χ3v) is 5.00. The number of nitrogens with zero attached hydrogens (tertiary/aromatic N) is 1. The second-order valence-electron chi connectivity index (χ2n) is 7.30. The molecule has 0 aliphatic rings. The van der Waals surface area contributed by atoms with E-state index in [9.17, 15) is 18.4 Å². The minimum absolute atomic E-state index is 0.226. The number of fused-ring (bicyclic) bond motifs is 1. The third-order valence-electron chi connectivity index (χ3n) is 5.00. The van der Waals surface area contributed by atoms with Gasteiger partial charge in [0.2, 0.25) is 0 Å². The Morgan fingerprint density at radius 2 is 1.69 bits per heavy atom. The van der Waals surface area contributed by atoms with Crippen molar-refractivity contribution < 1.29 is 18.4 Å². The van der Waals surface area contributed by atoms with Gasteiger partial charge in [0.25, 0.3) is 18.2 Å². The molecule has 0 bridgehead atoms. The highest BCUT2D eigenvalue weighted by Gasteiger charge is 2.16. The molecule has 1 unspecified atom stereocenters. The van der Waals surface area contributed by atoms with E-state index < -0.39 is 12.2 Å². The average molecular weight is 434 g/mol. The first kappa shape index (κ1) is 21.2. The van der Waals surface area contributed by atoms with Crippen molar-refractivity contribution in [1.29, 1.82) is 0 Å². The third kappa shape index (κ3) is 4.64. The number of benzene rings is 3. The number of carbonyl (C=O) groups is 2. The van der Waals surface area contributed by atoms with Crippen molar-refractivity contribution >= 4 is 28.5 Å². The van der Waals surface area contributed by atoms with Gasteiger partial charge in [-0.05, 0) is 55.0 Å². The number of aromatic amines is 1. The van der Waals surface area contributed by atoms with Crippen LogP contribution < -0.4 is 10.6 Å². The minimum Gasteiger partial charge on any atom is -0.346 e. The Labute approximate surface area is 182 Å².